The normalized spacial score (nSPS) is 13.4. The molecular formula is C42H64SiZr. The molecule has 4 rings (SSSR count). The Balaban J connectivity index is 0.000000275. The molecule has 0 nitrogen and oxygen atoms in total. The molecule has 4 aromatic rings. The van der Waals surface area contributed by atoms with Gasteiger partial charge in [-0.1, -0.05) is 99.4 Å². The second-order valence-electron chi connectivity index (χ2n) is 16.1. The molecule has 0 aliphatic carbocycles. The van der Waals surface area contributed by atoms with Gasteiger partial charge in [0.05, 0.1) is 0 Å². The van der Waals surface area contributed by atoms with Crippen molar-refractivity contribution in [1.29, 1.82) is 0 Å². The number of rotatable bonds is 9. The summed E-state index contributed by atoms with van der Waals surface area (Å²) < 4.78 is 0. The van der Waals surface area contributed by atoms with Crippen LogP contribution in [0.3, 0.4) is 0 Å². The van der Waals surface area contributed by atoms with Crippen molar-refractivity contribution >= 4 is 27.0 Å². The second kappa shape index (κ2) is 17.6. The van der Waals surface area contributed by atoms with Crippen molar-refractivity contribution in [2.45, 2.75) is 134 Å². The maximum absolute atomic E-state index is 2.41. The van der Waals surface area contributed by atoms with E-state index in [1.54, 1.807) is 23.3 Å². The molecule has 0 aliphatic heterocycles. The Kier molecular flexibility index (Phi) is 15.6. The first-order valence-corrected chi connectivity index (χ1v) is 23.4. The molecular weight excluding hydrogens is 624 g/mol. The summed E-state index contributed by atoms with van der Waals surface area (Å²) in [7, 11) is 0. The average molecular weight is 688 g/mol. The summed E-state index contributed by atoms with van der Waals surface area (Å²) in [6.07, 6.45) is 7.64. The van der Waals surface area contributed by atoms with Crippen LogP contribution in [0.15, 0.2) is 60.7 Å². The summed E-state index contributed by atoms with van der Waals surface area (Å²) in [6, 6.07) is 22.9. The molecule has 240 valence electrons. The van der Waals surface area contributed by atoms with Crippen molar-refractivity contribution < 1.29 is 23.3 Å². The Hall–Kier alpha value is -1.24. The molecule has 2 heteroatoms. The SMILES string of the molecule is CC(C)c1cc2c(CCCC(C)C(C)(C)C)cccc2[cH-]1.C[Si](C)=[Zr+2].Cc1cc2c(CCCC(C)C(C)(C)C)cccc2[cH-]1. The first-order valence-electron chi connectivity index (χ1n) is 17.2. The number of benzene rings is 2. The maximum atomic E-state index is 2.41. The van der Waals surface area contributed by atoms with Gasteiger partial charge in [0.2, 0.25) is 0 Å². The minimum atomic E-state index is 0.210. The van der Waals surface area contributed by atoms with Crippen LogP contribution in [0, 0.1) is 29.6 Å². The van der Waals surface area contributed by atoms with Crippen LogP contribution in [0.5, 0.6) is 0 Å². The number of hydrogen-bond acceptors (Lipinski definition) is 0. The average Bonchev–Trinajstić information content (AvgIpc) is 3.51. The van der Waals surface area contributed by atoms with Crippen LogP contribution < -0.4 is 0 Å². The molecule has 0 bridgehead atoms. The zero-order valence-electron chi connectivity index (χ0n) is 30.7. The standard InChI is InChI=1S/C21H31.C19H27.C2H6Si.Zr/c1-15(2)19-13-18-12-8-11-17(20(18)14-19)10-7-9-16(3)21(4,5)6;1-14-12-17-11-7-10-16(18(17)13-14)9-6-8-15(2)19(3,4)5;1-3-2;/h8,11-16H,7,9-10H2,1-6H3;7,10-13,15H,6,8-9H2,1-5H3;1-2H3;/q2*-1;;+2. The number of fused-ring (bicyclic) bond motifs is 2. The van der Waals surface area contributed by atoms with Crippen molar-refractivity contribution in [3.05, 3.63) is 82.9 Å². The van der Waals surface area contributed by atoms with E-state index >= 15 is 0 Å². The van der Waals surface area contributed by atoms with Crippen molar-refractivity contribution in [3.8, 4) is 0 Å². The second-order valence-corrected chi connectivity index (χ2v) is 25.5. The number of hydrogen-bond donors (Lipinski definition) is 0. The smallest absolute Gasteiger partial charge is 0.0357 e. The fourth-order valence-corrected chi connectivity index (χ4v) is 5.60. The molecule has 0 heterocycles. The third-order valence-corrected chi connectivity index (χ3v) is 9.64. The Bertz CT molecular complexity index is 1430. The quantitative estimate of drug-likeness (QED) is 0.121. The van der Waals surface area contributed by atoms with Crippen LogP contribution in [0.25, 0.3) is 21.5 Å². The zero-order chi connectivity index (χ0) is 33.2. The molecule has 0 N–H and O–H groups in total. The van der Waals surface area contributed by atoms with Gasteiger partial charge < -0.3 is 0 Å². The molecule has 4 aromatic carbocycles. The van der Waals surface area contributed by atoms with Crippen molar-refractivity contribution in [3.63, 3.8) is 0 Å². The van der Waals surface area contributed by atoms with Crippen LogP contribution in [0.1, 0.15) is 123 Å². The monoisotopic (exact) mass is 686 g/mol. The molecule has 0 aliphatic rings. The van der Waals surface area contributed by atoms with Gasteiger partial charge in [0.25, 0.3) is 0 Å². The third kappa shape index (κ3) is 12.9. The fraction of sp³-hybridized carbons (Fsp3) is 0.571. The van der Waals surface area contributed by atoms with Crippen LogP contribution >= 0.6 is 0 Å². The van der Waals surface area contributed by atoms with Crippen molar-refractivity contribution in [2.75, 3.05) is 0 Å². The van der Waals surface area contributed by atoms with Gasteiger partial charge in [0.1, 0.15) is 0 Å². The summed E-state index contributed by atoms with van der Waals surface area (Å²) in [6.45, 7) is 30.2. The van der Waals surface area contributed by atoms with E-state index in [1.807, 2.05) is 0 Å². The van der Waals surface area contributed by atoms with E-state index in [-0.39, 0.29) is 5.43 Å². The van der Waals surface area contributed by atoms with Crippen LogP contribution in [-0.2, 0) is 36.2 Å². The predicted octanol–water partition coefficient (Wildman–Crippen LogP) is 13.3. The van der Waals surface area contributed by atoms with Crippen molar-refractivity contribution in [2.24, 2.45) is 22.7 Å². The maximum Gasteiger partial charge on any atom is -0.0357 e. The van der Waals surface area contributed by atoms with Gasteiger partial charge in [-0.15, -0.1) is 69.1 Å². The summed E-state index contributed by atoms with van der Waals surface area (Å²) >= 11 is 1.74. The van der Waals surface area contributed by atoms with Crippen molar-refractivity contribution in [1.82, 2.24) is 0 Å². The van der Waals surface area contributed by atoms with Crippen LogP contribution in [0.2, 0.25) is 13.1 Å². The Morgan fingerprint density at radius 1 is 0.682 bits per heavy atom. The van der Waals surface area contributed by atoms with Gasteiger partial charge in [-0.25, -0.2) is 0 Å². The van der Waals surface area contributed by atoms with E-state index in [9.17, 15) is 0 Å². The molecule has 0 fully saturated rings. The van der Waals surface area contributed by atoms with Gasteiger partial charge in [0, 0.05) is 0 Å². The minimum absolute atomic E-state index is 0.210. The Morgan fingerprint density at radius 3 is 1.50 bits per heavy atom. The van der Waals surface area contributed by atoms with Crippen LogP contribution in [0.4, 0.5) is 0 Å². The van der Waals surface area contributed by atoms with E-state index in [4.69, 9.17) is 0 Å². The Morgan fingerprint density at radius 2 is 1.09 bits per heavy atom. The molecule has 0 saturated heterocycles. The van der Waals surface area contributed by atoms with E-state index in [0.717, 1.165) is 11.8 Å². The first-order chi connectivity index (χ1) is 20.4. The first kappa shape index (κ1) is 38.9. The van der Waals surface area contributed by atoms with Gasteiger partial charge in [0.15, 0.2) is 0 Å². The predicted molar refractivity (Wildman–Crippen MR) is 199 cm³/mol. The van der Waals surface area contributed by atoms with E-state index in [2.05, 4.69) is 150 Å². The largest absolute Gasteiger partial charge is 0.165 e. The summed E-state index contributed by atoms with van der Waals surface area (Å²) in [5.74, 6) is 2.18. The Labute approximate surface area is 287 Å². The zero-order valence-corrected chi connectivity index (χ0v) is 34.2. The fourth-order valence-electron chi connectivity index (χ4n) is 5.60. The third-order valence-electron chi connectivity index (χ3n) is 9.64. The molecule has 2 unspecified atom stereocenters. The van der Waals surface area contributed by atoms with Gasteiger partial charge in [-0.3, -0.25) is 0 Å². The summed E-state index contributed by atoms with van der Waals surface area (Å²) in [5, 5.41) is 5.76. The summed E-state index contributed by atoms with van der Waals surface area (Å²) in [5.41, 5.74) is 6.97. The van der Waals surface area contributed by atoms with E-state index in [0.29, 0.717) is 16.7 Å². The molecule has 2 atom stereocenters. The van der Waals surface area contributed by atoms with Gasteiger partial charge in [-0.2, -0.15) is 12.1 Å². The molecule has 0 radical (unpaired) electrons. The van der Waals surface area contributed by atoms with Gasteiger partial charge >= 0.3 is 41.9 Å². The van der Waals surface area contributed by atoms with Gasteiger partial charge in [-0.05, 0) is 67.1 Å². The van der Waals surface area contributed by atoms with Crippen LogP contribution in [-0.4, -0.2) is 5.43 Å². The summed E-state index contributed by atoms with van der Waals surface area (Å²) in [4.78, 5) is 0. The minimum Gasteiger partial charge on any atom is -0.165 e. The molecule has 44 heavy (non-hydrogen) atoms. The molecule has 0 spiro atoms. The topological polar surface area (TPSA) is 0 Å². The number of aryl methyl sites for hydroxylation is 3. The molecule has 0 amide bonds. The molecule has 0 aromatic heterocycles. The molecule has 0 saturated carbocycles. The van der Waals surface area contributed by atoms with E-state index < -0.39 is 0 Å². The van der Waals surface area contributed by atoms with E-state index in [1.165, 1.54) is 82.3 Å².